The predicted molar refractivity (Wildman–Crippen MR) is 78.4 cm³/mol. The minimum absolute atomic E-state index is 0.335. The van der Waals surface area contributed by atoms with Crippen molar-refractivity contribution >= 4 is 33.6 Å². The molecule has 3 rings (SSSR count). The van der Waals surface area contributed by atoms with Crippen molar-refractivity contribution in [2.24, 2.45) is 0 Å². The van der Waals surface area contributed by atoms with Crippen LogP contribution in [-0.2, 0) is 6.54 Å². The molecule has 0 bridgehead atoms. The number of thiazole rings is 1. The highest BCUT2D eigenvalue weighted by Crippen LogP contribution is 2.26. The van der Waals surface area contributed by atoms with Crippen LogP contribution in [0.4, 0.5) is 10.1 Å². The van der Waals surface area contributed by atoms with Gasteiger partial charge in [-0.3, -0.25) is 4.40 Å². The van der Waals surface area contributed by atoms with Crippen LogP contribution in [0.2, 0.25) is 5.02 Å². The van der Waals surface area contributed by atoms with Crippen LogP contribution in [0.1, 0.15) is 5.69 Å². The highest BCUT2D eigenvalue weighted by atomic mass is 35.5. The van der Waals surface area contributed by atoms with Crippen molar-refractivity contribution in [2.45, 2.75) is 6.54 Å². The quantitative estimate of drug-likeness (QED) is 0.796. The van der Waals surface area contributed by atoms with Crippen molar-refractivity contribution < 1.29 is 9.13 Å². The lowest BCUT2D eigenvalue weighted by Crippen LogP contribution is -2.04. The molecule has 1 aromatic carbocycles. The van der Waals surface area contributed by atoms with Gasteiger partial charge in [-0.25, -0.2) is 4.39 Å². The minimum Gasteiger partial charge on any atom is -0.480 e. The first kappa shape index (κ1) is 13.2. The number of fused-ring (bicyclic) bond motifs is 1. The summed E-state index contributed by atoms with van der Waals surface area (Å²) in [5.74, 6) is 0.217. The number of hydrogen-bond acceptors (Lipinski definition) is 4. The van der Waals surface area contributed by atoms with Gasteiger partial charge < -0.3 is 10.1 Å². The summed E-state index contributed by atoms with van der Waals surface area (Å²) in [6, 6.07) is 4.21. The highest BCUT2D eigenvalue weighted by Gasteiger charge is 2.14. The standard InChI is InChI=1S/C13H11ClFN3OS/c1-19-12-11(18-4-5-20-13(18)17-12)7-16-10-6-8(15)2-3-9(10)14/h2-6,16H,7H2,1H3. The van der Waals surface area contributed by atoms with Gasteiger partial charge in [0.25, 0.3) is 0 Å². The molecule has 0 amide bonds. The minimum atomic E-state index is -0.335. The lowest BCUT2D eigenvalue weighted by molar-refractivity contribution is 0.395. The average Bonchev–Trinajstić information content (AvgIpc) is 3.00. The summed E-state index contributed by atoms with van der Waals surface area (Å²) in [5, 5.41) is 5.52. The number of methoxy groups -OCH3 is 1. The molecule has 0 aliphatic carbocycles. The van der Waals surface area contributed by atoms with Crippen LogP contribution in [0.3, 0.4) is 0 Å². The van der Waals surface area contributed by atoms with E-state index in [4.69, 9.17) is 16.3 Å². The van der Waals surface area contributed by atoms with Gasteiger partial charge in [-0.2, -0.15) is 4.98 Å². The topological polar surface area (TPSA) is 38.6 Å². The smallest absolute Gasteiger partial charge is 0.238 e. The fraction of sp³-hybridized carbons (Fsp3) is 0.154. The molecule has 2 heterocycles. The molecule has 0 saturated carbocycles. The molecule has 0 aliphatic rings. The molecule has 0 saturated heterocycles. The van der Waals surface area contributed by atoms with Crippen LogP contribution in [0, 0.1) is 5.82 Å². The van der Waals surface area contributed by atoms with Crippen LogP contribution in [0.25, 0.3) is 4.96 Å². The first-order chi connectivity index (χ1) is 9.69. The zero-order valence-electron chi connectivity index (χ0n) is 10.6. The summed E-state index contributed by atoms with van der Waals surface area (Å²) in [4.78, 5) is 5.21. The normalized spacial score (nSPS) is 10.9. The summed E-state index contributed by atoms with van der Waals surface area (Å²) in [7, 11) is 1.57. The number of hydrogen-bond donors (Lipinski definition) is 1. The van der Waals surface area contributed by atoms with Crippen molar-refractivity contribution in [2.75, 3.05) is 12.4 Å². The molecule has 1 N–H and O–H groups in total. The fourth-order valence-corrected chi connectivity index (χ4v) is 2.86. The summed E-state index contributed by atoms with van der Waals surface area (Å²) >= 11 is 7.55. The van der Waals surface area contributed by atoms with E-state index in [0.29, 0.717) is 23.1 Å². The number of halogens is 2. The third-order valence-electron chi connectivity index (χ3n) is 2.89. The molecular weight excluding hydrogens is 301 g/mol. The van der Waals surface area contributed by atoms with E-state index in [0.717, 1.165) is 10.7 Å². The second-order valence-electron chi connectivity index (χ2n) is 4.10. The zero-order valence-corrected chi connectivity index (χ0v) is 12.1. The molecule has 0 spiro atoms. The summed E-state index contributed by atoms with van der Waals surface area (Å²) < 4.78 is 20.4. The number of imidazole rings is 1. The second-order valence-corrected chi connectivity index (χ2v) is 5.38. The van der Waals surface area contributed by atoms with E-state index in [1.165, 1.54) is 29.5 Å². The lowest BCUT2D eigenvalue weighted by Gasteiger charge is -2.09. The maximum absolute atomic E-state index is 13.2. The van der Waals surface area contributed by atoms with E-state index in [-0.39, 0.29) is 5.82 Å². The van der Waals surface area contributed by atoms with E-state index < -0.39 is 0 Å². The van der Waals surface area contributed by atoms with Gasteiger partial charge in [-0.15, -0.1) is 11.3 Å². The van der Waals surface area contributed by atoms with Crippen LogP contribution in [-0.4, -0.2) is 16.5 Å². The van der Waals surface area contributed by atoms with Gasteiger partial charge in [-0.05, 0) is 18.2 Å². The van der Waals surface area contributed by atoms with Crippen LogP contribution >= 0.6 is 22.9 Å². The molecule has 2 aromatic heterocycles. The first-order valence-corrected chi connectivity index (χ1v) is 7.12. The fourth-order valence-electron chi connectivity index (χ4n) is 1.95. The van der Waals surface area contributed by atoms with Crippen LogP contribution < -0.4 is 10.1 Å². The maximum atomic E-state index is 13.2. The number of benzene rings is 1. The van der Waals surface area contributed by atoms with Gasteiger partial charge in [-0.1, -0.05) is 11.6 Å². The molecule has 0 aliphatic heterocycles. The summed E-state index contributed by atoms with van der Waals surface area (Å²) in [6.45, 7) is 0.435. The molecular formula is C13H11ClFN3OS. The van der Waals surface area contributed by atoms with Crippen molar-refractivity contribution in [3.05, 3.63) is 46.3 Å². The van der Waals surface area contributed by atoms with Gasteiger partial charge >= 0.3 is 0 Å². The molecule has 3 aromatic rings. The Bertz CT molecular complexity index is 755. The number of nitrogens with zero attached hydrogens (tertiary/aromatic N) is 2. The molecule has 20 heavy (non-hydrogen) atoms. The van der Waals surface area contributed by atoms with E-state index in [2.05, 4.69) is 10.3 Å². The molecule has 0 atom stereocenters. The molecule has 0 radical (unpaired) electrons. The Morgan fingerprint density at radius 1 is 1.50 bits per heavy atom. The average molecular weight is 312 g/mol. The monoisotopic (exact) mass is 311 g/mol. The molecule has 7 heteroatoms. The Labute approximate surface area is 123 Å². The van der Waals surface area contributed by atoms with E-state index in [9.17, 15) is 4.39 Å². The van der Waals surface area contributed by atoms with Gasteiger partial charge in [0.15, 0.2) is 4.96 Å². The first-order valence-electron chi connectivity index (χ1n) is 5.86. The third-order valence-corrected chi connectivity index (χ3v) is 3.98. The Hall–Kier alpha value is -1.79. The summed E-state index contributed by atoms with van der Waals surface area (Å²) in [5.41, 5.74) is 1.41. The van der Waals surface area contributed by atoms with Crippen LogP contribution in [0.5, 0.6) is 5.88 Å². The second kappa shape index (κ2) is 5.30. The molecule has 0 unspecified atom stereocenters. The predicted octanol–water partition coefficient (Wildman–Crippen LogP) is 3.81. The van der Waals surface area contributed by atoms with E-state index >= 15 is 0 Å². The SMILES string of the molecule is COc1nc2sccn2c1CNc1cc(F)ccc1Cl. The number of anilines is 1. The van der Waals surface area contributed by atoms with Gasteiger partial charge in [0.2, 0.25) is 5.88 Å². The highest BCUT2D eigenvalue weighted by molar-refractivity contribution is 7.15. The van der Waals surface area contributed by atoms with Crippen molar-refractivity contribution in [3.63, 3.8) is 0 Å². The van der Waals surface area contributed by atoms with Crippen molar-refractivity contribution in [1.29, 1.82) is 0 Å². The Kier molecular flexibility index (Phi) is 3.50. The van der Waals surface area contributed by atoms with Crippen molar-refractivity contribution in [1.82, 2.24) is 9.38 Å². The summed E-state index contributed by atoms with van der Waals surface area (Å²) in [6.07, 6.45) is 1.92. The lowest BCUT2D eigenvalue weighted by atomic mass is 10.3. The largest absolute Gasteiger partial charge is 0.480 e. The third kappa shape index (κ3) is 2.32. The Balaban J connectivity index is 1.89. The maximum Gasteiger partial charge on any atom is 0.238 e. The van der Waals surface area contributed by atoms with E-state index in [1.807, 2.05) is 16.0 Å². The molecule has 104 valence electrons. The zero-order chi connectivity index (χ0) is 14.1. The Morgan fingerprint density at radius 3 is 3.15 bits per heavy atom. The van der Waals surface area contributed by atoms with Crippen molar-refractivity contribution in [3.8, 4) is 5.88 Å². The van der Waals surface area contributed by atoms with Gasteiger partial charge in [0.1, 0.15) is 11.5 Å². The number of aromatic nitrogens is 2. The van der Waals surface area contributed by atoms with E-state index in [1.54, 1.807) is 7.11 Å². The van der Waals surface area contributed by atoms with Gasteiger partial charge in [0.05, 0.1) is 24.4 Å². The number of rotatable bonds is 4. The van der Waals surface area contributed by atoms with Gasteiger partial charge in [0, 0.05) is 11.6 Å². The Morgan fingerprint density at radius 2 is 2.35 bits per heavy atom. The number of nitrogens with one attached hydrogen (secondary N) is 1. The molecule has 0 fully saturated rings. The van der Waals surface area contributed by atoms with Crippen LogP contribution in [0.15, 0.2) is 29.8 Å². The molecule has 4 nitrogen and oxygen atoms in total. The number of ether oxygens (including phenoxy) is 1.